The summed E-state index contributed by atoms with van der Waals surface area (Å²) in [5.41, 5.74) is 6.25. The molecular weight excluding hydrogens is 186 g/mol. The molecule has 0 fully saturated rings. The van der Waals surface area contributed by atoms with Gasteiger partial charge in [-0.1, -0.05) is 0 Å². The topological polar surface area (TPSA) is 52.3 Å². The van der Waals surface area contributed by atoms with Crippen molar-refractivity contribution in [2.24, 2.45) is 5.73 Å². The summed E-state index contributed by atoms with van der Waals surface area (Å²) >= 11 is 1.54. The van der Waals surface area contributed by atoms with Gasteiger partial charge in [0.05, 0.1) is 12.7 Å². The van der Waals surface area contributed by atoms with Gasteiger partial charge in [-0.25, -0.2) is 4.79 Å². The van der Waals surface area contributed by atoms with Crippen LogP contribution in [-0.4, -0.2) is 19.1 Å². The van der Waals surface area contributed by atoms with Crippen molar-refractivity contribution in [3.8, 4) is 0 Å². The van der Waals surface area contributed by atoms with E-state index >= 15 is 0 Å². The quantitative estimate of drug-likeness (QED) is 0.749. The Balaban J connectivity index is 2.69. The molecule has 0 aliphatic heterocycles. The number of hydrogen-bond acceptors (Lipinski definition) is 4. The number of rotatable bonds is 3. The summed E-state index contributed by atoms with van der Waals surface area (Å²) in [6, 6.07) is 1.96. The van der Waals surface area contributed by atoms with Crippen LogP contribution in [0.3, 0.4) is 0 Å². The molecule has 1 atom stereocenters. The minimum atomic E-state index is -0.285. The average Bonchev–Trinajstić information content (AvgIpc) is 2.50. The number of hydrogen-bond donors (Lipinski definition) is 1. The third-order valence-corrected chi connectivity index (χ3v) is 2.56. The van der Waals surface area contributed by atoms with Crippen LogP contribution in [-0.2, 0) is 11.2 Å². The zero-order valence-electron chi connectivity index (χ0n) is 7.74. The lowest BCUT2D eigenvalue weighted by atomic mass is 10.2. The van der Waals surface area contributed by atoms with Crippen LogP contribution >= 0.6 is 11.3 Å². The van der Waals surface area contributed by atoms with E-state index in [9.17, 15) is 4.79 Å². The van der Waals surface area contributed by atoms with Crippen molar-refractivity contribution >= 4 is 17.3 Å². The zero-order chi connectivity index (χ0) is 9.84. The minimum Gasteiger partial charge on any atom is -0.465 e. The highest BCUT2D eigenvalue weighted by atomic mass is 32.1. The molecule has 2 N–H and O–H groups in total. The Morgan fingerprint density at radius 3 is 3.00 bits per heavy atom. The van der Waals surface area contributed by atoms with Crippen molar-refractivity contribution in [2.75, 3.05) is 7.11 Å². The third kappa shape index (κ3) is 2.82. The van der Waals surface area contributed by atoms with Crippen LogP contribution in [0.1, 0.15) is 22.2 Å². The molecule has 0 aliphatic rings. The summed E-state index contributed by atoms with van der Waals surface area (Å²) in [4.78, 5) is 12.2. The lowest BCUT2D eigenvalue weighted by Crippen LogP contribution is -2.16. The molecule has 1 aromatic rings. The maximum atomic E-state index is 11.1. The summed E-state index contributed by atoms with van der Waals surface area (Å²) in [7, 11) is 1.38. The average molecular weight is 199 g/mol. The van der Waals surface area contributed by atoms with E-state index in [1.807, 2.05) is 13.0 Å². The molecule has 72 valence electrons. The highest BCUT2D eigenvalue weighted by Gasteiger charge is 2.08. The predicted octanol–water partition coefficient (Wildman–Crippen LogP) is 1.42. The molecule has 0 radical (unpaired) electrons. The normalized spacial score (nSPS) is 12.5. The van der Waals surface area contributed by atoms with Gasteiger partial charge in [-0.2, -0.15) is 0 Å². The van der Waals surface area contributed by atoms with Crippen molar-refractivity contribution in [2.45, 2.75) is 19.4 Å². The summed E-state index contributed by atoms with van der Waals surface area (Å²) in [5.74, 6) is -0.285. The Hall–Kier alpha value is -0.870. The highest BCUT2D eigenvalue weighted by Crippen LogP contribution is 2.16. The first-order valence-corrected chi connectivity index (χ1v) is 4.92. The number of esters is 1. The summed E-state index contributed by atoms with van der Waals surface area (Å²) in [6.45, 7) is 1.94. The molecule has 0 unspecified atom stereocenters. The summed E-state index contributed by atoms with van der Waals surface area (Å²) in [5, 5.41) is 1.80. The first-order chi connectivity index (χ1) is 6.13. The Morgan fingerprint density at radius 2 is 2.46 bits per heavy atom. The van der Waals surface area contributed by atoms with E-state index in [1.165, 1.54) is 7.11 Å². The number of carbonyl (C=O) groups excluding carboxylic acids is 1. The first kappa shape index (κ1) is 10.2. The lowest BCUT2D eigenvalue weighted by molar-refractivity contribution is 0.0601. The molecule has 1 aromatic heterocycles. The maximum Gasteiger partial charge on any atom is 0.338 e. The Labute approximate surface area is 81.5 Å². The number of carbonyl (C=O) groups is 1. The Kier molecular flexibility index (Phi) is 3.45. The molecular formula is C9H13NO2S. The van der Waals surface area contributed by atoms with Crippen LogP contribution in [0.25, 0.3) is 0 Å². The van der Waals surface area contributed by atoms with Gasteiger partial charge in [0.1, 0.15) is 0 Å². The molecule has 3 nitrogen and oxygen atoms in total. The number of nitrogens with two attached hydrogens (primary N) is 1. The van der Waals surface area contributed by atoms with E-state index in [0.717, 1.165) is 11.3 Å². The van der Waals surface area contributed by atoms with Gasteiger partial charge >= 0.3 is 5.97 Å². The van der Waals surface area contributed by atoms with Gasteiger partial charge in [0, 0.05) is 16.3 Å². The standard InChI is InChI=1S/C9H13NO2S/c1-6(10)3-8-4-7(5-13-8)9(11)12-2/h4-6H,3,10H2,1-2H3/t6-/m0/s1. The molecule has 1 heterocycles. The fourth-order valence-electron chi connectivity index (χ4n) is 1.03. The van der Waals surface area contributed by atoms with E-state index in [1.54, 1.807) is 16.7 Å². The second-order valence-corrected chi connectivity index (χ2v) is 3.97. The molecule has 0 aromatic carbocycles. The molecule has 0 spiro atoms. The minimum absolute atomic E-state index is 0.129. The van der Waals surface area contributed by atoms with E-state index in [0.29, 0.717) is 5.56 Å². The Bertz CT molecular complexity index is 294. The van der Waals surface area contributed by atoms with Gasteiger partial charge in [-0.3, -0.25) is 0 Å². The third-order valence-electron chi connectivity index (χ3n) is 1.60. The van der Waals surface area contributed by atoms with Crippen LogP contribution in [0.15, 0.2) is 11.4 Å². The van der Waals surface area contributed by atoms with Crippen LogP contribution in [0.5, 0.6) is 0 Å². The zero-order valence-corrected chi connectivity index (χ0v) is 8.56. The molecule has 0 bridgehead atoms. The van der Waals surface area contributed by atoms with Crippen molar-refractivity contribution in [1.29, 1.82) is 0 Å². The molecule has 0 amide bonds. The lowest BCUT2D eigenvalue weighted by Gasteiger charge is -1.99. The van der Waals surface area contributed by atoms with Crippen LogP contribution < -0.4 is 5.73 Å². The number of ether oxygens (including phenoxy) is 1. The van der Waals surface area contributed by atoms with Crippen molar-refractivity contribution in [3.05, 3.63) is 21.9 Å². The molecule has 0 aliphatic carbocycles. The van der Waals surface area contributed by atoms with Gasteiger partial charge < -0.3 is 10.5 Å². The molecule has 1 rings (SSSR count). The van der Waals surface area contributed by atoms with Gasteiger partial charge in [0.2, 0.25) is 0 Å². The molecule has 13 heavy (non-hydrogen) atoms. The molecule has 0 saturated heterocycles. The van der Waals surface area contributed by atoms with Crippen LogP contribution in [0.4, 0.5) is 0 Å². The van der Waals surface area contributed by atoms with E-state index in [2.05, 4.69) is 4.74 Å². The smallest absolute Gasteiger partial charge is 0.338 e. The number of methoxy groups -OCH3 is 1. The van der Waals surface area contributed by atoms with Gasteiger partial charge in [-0.05, 0) is 19.4 Å². The first-order valence-electron chi connectivity index (χ1n) is 4.04. The van der Waals surface area contributed by atoms with E-state index < -0.39 is 0 Å². The van der Waals surface area contributed by atoms with Gasteiger partial charge in [0.25, 0.3) is 0 Å². The van der Waals surface area contributed by atoms with E-state index in [4.69, 9.17) is 5.73 Å². The second-order valence-electron chi connectivity index (χ2n) is 2.97. The van der Waals surface area contributed by atoms with Crippen molar-refractivity contribution in [3.63, 3.8) is 0 Å². The highest BCUT2D eigenvalue weighted by molar-refractivity contribution is 7.10. The van der Waals surface area contributed by atoms with E-state index in [-0.39, 0.29) is 12.0 Å². The SMILES string of the molecule is COC(=O)c1csc(C[C@H](C)N)c1. The van der Waals surface area contributed by atoms with Crippen LogP contribution in [0, 0.1) is 0 Å². The predicted molar refractivity (Wildman–Crippen MR) is 53.0 cm³/mol. The largest absolute Gasteiger partial charge is 0.465 e. The van der Waals surface area contributed by atoms with Crippen LogP contribution in [0.2, 0.25) is 0 Å². The van der Waals surface area contributed by atoms with Crippen molar-refractivity contribution < 1.29 is 9.53 Å². The molecule has 0 saturated carbocycles. The van der Waals surface area contributed by atoms with Gasteiger partial charge in [-0.15, -0.1) is 11.3 Å². The fraction of sp³-hybridized carbons (Fsp3) is 0.444. The molecule has 4 heteroatoms. The number of thiophene rings is 1. The summed E-state index contributed by atoms with van der Waals surface area (Å²) in [6.07, 6.45) is 0.807. The second kappa shape index (κ2) is 4.39. The maximum absolute atomic E-state index is 11.1. The fourth-order valence-corrected chi connectivity index (χ4v) is 2.03. The monoisotopic (exact) mass is 199 g/mol. The Morgan fingerprint density at radius 1 is 1.77 bits per heavy atom. The summed E-state index contributed by atoms with van der Waals surface area (Å²) < 4.78 is 4.59. The van der Waals surface area contributed by atoms with Gasteiger partial charge in [0.15, 0.2) is 0 Å². The van der Waals surface area contributed by atoms with Crippen molar-refractivity contribution in [1.82, 2.24) is 0 Å².